The van der Waals surface area contributed by atoms with E-state index in [1.54, 1.807) is 10.9 Å². The quantitative estimate of drug-likeness (QED) is 0.730. The van der Waals surface area contributed by atoms with Crippen LogP contribution in [0.15, 0.2) is 48.9 Å². The Hall–Kier alpha value is -2.44. The largest absolute Gasteiger partial charge is 0.387 e. The van der Waals surface area contributed by atoms with Gasteiger partial charge in [-0.25, -0.2) is 4.68 Å². The summed E-state index contributed by atoms with van der Waals surface area (Å²) in [6.07, 6.45) is 4.89. The van der Waals surface area contributed by atoms with Gasteiger partial charge in [-0.2, -0.15) is 10.2 Å². The fraction of sp³-hybridized carbons (Fsp3) is 0.333. The number of nitrogens with one attached hydrogen (secondary N) is 1. The molecule has 0 amide bonds. The summed E-state index contributed by atoms with van der Waals surface area (Å²) in [6, 6.07) is 10.2. The predicted octanol–water partition coefficient (Wildman–Crippen LogP) is 2.30. The number of aryl methyl sites for hydroxylation is 2. The van der Waals surface area contributed by atoms with Crippen LogP contribution in [0.4, 0.5) is 0 Å². The molecule has 6 heteroatoms. The Morgan fingerprint density at radius 3 is 2.75 bits per heavy atom. The zero-order chi connectivity index (χ0) is 17.1. The molecule has 3 aromatic rings. The summed E-state index contributed by atoms with van der Waals surface area (Å²) in [6.45, 7) is 4.56. The van der Waals surface area contributed by atoms with Gasteiger partial charge >= 0.3 is 0 Å². The lowest BCUT2D eigenvalue weighted by molar-refractivity contribution is 0.170. The van der Waals surface area contributed by atoms with Gasteiger partial charge in [0.25, 0.3) is 0 Å². The summed E-state index contributed by atoms with van der Waals surface area (Å²) < 4.78 is 3.58. The van der Waals surface area contributed by atoms with Crippen LogP contribution in [-0.2, 0) is 7.05 Å². The Morgan fingerprint density at radius 1 is 1.25 bits per heavy atom. The number of rotatable bonds is 6. The topological polar surface area (TPSA) is 67.9 Å². The molecule has 6 nitrogen and oxygen atoms in total. The molecule has 2 N–H and O–H groups in total. The molecule has 2 aromatic heterocycles. The van der Waals surface area contributed by atoms with E-state index >= 15 is 0 Å². The molecule has 0 radical (unpaired) electrons. The minimum atomic E-state index is -0.584. The van der Waals surface area contributed by atoms with Crippen LogP contribution in [0.2, 0.25) is 0 Å². The third-order valence-corrected chi connectivity index (χ3v) is 4.14. The maximum absolute atomic E-state index is 10.2. The van der Waals surface area contributed by atoms with E-state index < -0.39 is 6.10 Å². The van der Waals surface area contributed by atoms with Gasteiger partial charge in [0.05, 0.1) is 23.7 Å². The zero-order valence-electron chi connectivity index (χ0n) is 14.2. The molecule has 2 heterocycles. The molecule has 24 heavy (non-hydrogen) atoms. The summed E-state index contributed by atoms with van der Waals surface area (Å²) in [5.41, 5.74) is 4.00. The lowest BCUT2D eigenvalue weighted by Gasteiger charge is -2.15. The molecule has 0 spiro atoms. The van der Waals surface area contributed by atoms with Crippen molar-refractivity contribution >= 4 is 0 Å². The first-order valence-electron chi connectivity index (χ1n) is 8.06. The lowest BCUT2D eigenvalue weighted by atomic mass is 10.2. The van der Waals surface area contributed by atoms with Crippen molar-refractivity contribution in [2.45, 2.75) is 26.0 Å². The molecule has 0 bridgehead atoms. The minimum Gasteiger partial charge on any atom is -0.387 e. The second-order valence-electron chi connectivity index (χ2n) is 6.06. The van der Waals surface area contributed by atoms with Crippen molar-refractivity contribution in [3.63, 3.8) is 0 Å². The fourth-order valence-electron chi connectivity index (χ4n) is 2.65. The average molecular weight is 325 g/mol. The maximum atomic E-state index is 10.2. The first-order chi connectivity index (χ1) is 11.5. The van der Waals surface area contributed by atoms with E-state index in [9.17, 15) is 5.11 Å². The molecule has 2 atom stereocenters. The van der Waals surface area contributed by atoms with Gasteiger partial charge in [-0.05, 0) is 31.5 Å². The molecule has 0 aliphatic heterocycles. The number of aliphatic hydroxyl groups excluding tert-OH is 1. The van der Waals surface area contributed by atoms with Crippen LogP contribution in [-0.4, -0.2) is 31.2 Å². The Morgan fingerprint density at radius 2 is 2.04 bits per heavy atom. The molecule has 3 rings (SSSR count). The summed E-state index contributed by atoms with van der Waals surface area (Å²) >= 11 is 0. The van der Waals surface area contributed by atoms with Crippen LogP contribution in [0, 0.1) is 6.92 Å². The van der Waals surface area contributed by atoms with E-state index in [0.717, 1.165) is 16.9 Å². The number of benzene rings is 1. The van der Waals surface area contributed by atoms with Gasteiger partial charge in [-0.15, -0.1) is 0 Å². The van der Waals surface area contributed by atoms with Gasteiger partial charge < -0.3 is 10.4 Å². The van der Waals surface area contributed by atoms with Crippen LogP contribution < -0.4 is 5.32 Å². The monoisotopic (exact) mass is 325 g/mol. The van der Waals surface area contributed by atoms with Gasteiger partial charge in [0, 0.05) is 37.6 Å². The molecular formula is C18H23N5O. The highest BCUT2D eigenvalue weighted by atomic mass is 16.3. The highest BCUT2D eigenvalue weighted by Crippen LogP contribution is 2.17. The van der Waals surface area contributed by atoms with Crippen molar-refractivity contribution in [3.05, 3.63) is 65.7 Å². The van der Waals surface area contributed by atoms with Crippen LogP contribution >= 0.6 is 0 Å². The first-order valence-corrected chi connectivity index (χ1v) is 8.06. The Balaban J connectivity index is 1.64. The zero-order valence-corrected chi connectivity index (χ0v) is 14.2. The third kappa shape index (κ3) is 3.55. The number of aromatic nitrogens is 4. The molecule has 0 saturated carbocycles. The fourth-order valence-corrected chi connectivity index (χ4v) is 2.65. The molecule has 0 aliphatic carbocycles. The van der Waals surface area contributed by atoms with E-state index in [4.69, 9.17) is 0 Å². The molecule has 1 aromatic carbocycles. The smallest absolute Gasteiger partial charge is 0.0944 e. The highest BCUT2D eigenvalue weighted by molar-refractivity contribution is 5.39. The Bertz CT molecular complexity index is 807. The van der Waals surface area contributed by atoms with Gasteiger partial charge in [0.15, 0.2) is 0 Å². The van der Waals surface area contributed by atoms with Crippen molar-refractivity contribution in [3.8, 4) is 5.69 Å². The minimum absolute atomic E-state index is 0.0431. The Kier molecular flexibility index (Phi) is 4.78. The van der Waals surface area contributed by atoms with E-state index in [2.05, 4.69) is 34.6 Å². The summed E-state index contributed by atoms with van der Waals surface area (Å²) in [5.74, 6) is 0. The average Bonchev–Trinajstić information content (AvgIpc) is 3.22. The normalized spacial score (nSPS) is 13.8. The molecule has 0 saturated heterocycles. The van der Waals surface area contributed by atoms with E-state index in [-0.39, 0.29) is 6.04 Å². The summed E-state index contributed by atoms with van der Waals surface area (Å²) in [7, 11) is 1.84. The number of hydrogen-bond acceptors (Lipinski definition) is 4. The SMILES string of the molecule is Cc1ccccc1-n1ccc(C(C)NCC(O)c2cnn(C)c2)n1. The van der Waals surface area contributed by atoms with Crippen molar-refractivity contribution in [1.82, 2.24) is 24.9 Å². The molecule has 0 aliphatic rings. The van der Waals surface area contributed by atoms with Crippen LogP contribution in [0.25, 0.3) is 5.69 Å². The highest BCUT2D eigenvalue weighted by Gasteiger charge is 2.14. The van der Waals surface area contributed by atoms with E-state index in [1.165, 1.54) is 5.56 Å². The second kappa shape index (κ2) is 6.98. The summed E-state index contributed by atoms with van der Waals surface area (Å²) in [5, 5.41) is 22.3. The van der Waals surface area contributed by atoms with E-state index in [1.807, 2.05) is 49.2 Å². The predicted molar refractivity (Wildman–Crippen MR) is 92.9 cm³/mol. The van der Waals surface area contributed by atoms with Crippen molar-refractivity contribution in [2.75, 3.05) is 6.54 Å². The van der Waals surface area contributed by atoms with Crippen molar-refractivity contribution < 1.29 is 5.11 Å². The standard InChI is InChI=1S/C18H23N5O/c1-13-6-4-5-7-17(13)23-9-8-16(21-23)14(2)19-11-18(24)15-10-20-22(3)12-15/h4-10,12,14,18-19,24H,11H2,1-3H3. The molecule has 2 unspecified atom stereocenters. The van der Waals surface area contributed by atoms with E-state index in [0.29, 0.717) is 6.54 Å². The van der Waals surface area contributed by atoms with Gasteiger partial charge in [0.2, 0.25) is 0 Å². The molecular weight excluding hydrogens is 302 g/mol. The number of nitrogens with zero attached hydrogens (tertiary/aromatic N) is 4. The second-order valence-corrected chi connectivity index (χ2v) is 6.06. The molecule has 126 valence electrons. The number of aliphatic hydroxyl groups is 1. The third-order valence-electron chi connectivity index (χ3n) is 4.14. The summed E-state index contributed by atoms with van der Waals surface area (Å²) in [4.78, 5) is 0. The maximum Gasteiger partial charge on any atom is 0.0944 e. The van der Waals surface area contributed by atoms with Crippen molar-refractivity contribution in [2.24, 2.45) is 7.05 Å². The lowest BCUT2D eigenvalue weighted by Crippen LogP contribution is -2.25. The number of hydrogen-bond donors (Lipinski definition) is 2. The van der Waals surface area contributed by atoms with Crippen LogP contribution in [0.1, 0.15) is 35.9 Å². The van der Waals surface area contributed by atoms with Gasteiger partial charge in [0.1, 0.15) is 0 Å². The first kappa shape index (κ1) is 16.4. The van der Waals surface area contributed by atoms with Gasteiger partial charge in [-0.3, -0.25) is 4.68 Å². The Labute approximate surface area is 141 Å². The number of para-hydroxylation sites is 1. The van der Waals surface area contributed by atoms with Crippen molar-refractivity contribution in [1.29, 1.82) is 0 Å². The van der Waals surface area contributed by atoms with Crippen LogP contribution in [0.5, 0.6) is 0 Å². The van der Waals surface area contributed by atoms with Gasteiger partial charge in [-0.1, -0.05) is 18.2 Å². The van der Waals surface area contributed by atoms with Crippen LogP contribution in [0.3, 0.4) is 0 Å². The molecule has 0 fully saturated rings.